The maximum absolute atomic E-state index is 12.3. The number of nitrogens with zero attached hydrogens (tertiary/aromatic N) is 1. The molecular formula is C15H14N2O2S. The van der Waals surface area contributed by atoms with Crippen molar-refractivity contribution in [2.45, 2.75) is 0 Å². The van der Waals surface area contributed by atoms with Gasteiger partial charge in [0.05, 0.1) is 11.4 Å². The van der Waals surface area contributed by atoms with Crippen LogP contribution in [0, 0.1) is 0 Å². The highest BCUT2D eigenvalue weighted by Gasteiger charge is 2.23. The van der Waals surface area contributed by atoms with Crippen LogP contribution in [0.5, 0.6) is 0 Å². The van der Waals surface area contributed by atoms with Gasteiger partial charge in [-0.2, -0.15) is 0 Å². The summed E-state index contributed by atoms with van der Waals surface area (Å²) in [5.74, 6) is -0.156. The lowest BCUT2D eigenvalue weighted by atomic mass is 10.2. The largest absolute Gasteiger partial charge is 0.353 e. The van der Waals surface area contributed by atoms with Gasteiger partial charge in [-0.1, -0.05) is 30.3 Å². The topological polar surface area (TPSA) is 49.4 Å². The number of amides is 2. The zero-order valence-corrected chi connectivity index (χ0v) is 11.7. The second-order valence-corrected chi connectivity index (χ2v) is 5.69. The van der Waals surface area contributed by atoms with Crippen LogP contribution in [-0.2, 0) is 4.79 Å². The van der Waals surface area contributed by atoms with Crippen LogP contribution in [0.4, 0.5) is 0 Å². The number of benzene rings is 1. The average molecular weight is 286 g/mol. The molecule has 5 heteroatoms. The fourth-order valence-electron chi connectivity index (χ4n) is 2.18. The Labute approximate surface area is 121 Å². The van der Waals surface area contributed by atoms with Gasteiger partial charge in [-0.3, -0.25) is 9.59 Å². The molecule has 4 nitrogen and oxygen atoms in total. The van der Waals surface area contributed by atoms with Crippen molar-refractivity contribution in [2.75, 3.05) is 19.6 Å². The lowest BCUT2D eigenvalue weighted by Gasteiger charge is -2.26. The highest BCUT2D eigenvalue weighted by atomic mass is 32.1. The summed E-state index contributed by atoms with van der Waals surface area (Å²) in [5, 5.41) is 2.72. The monoisotopic (exact) mass is 286 g/mol. The van der Waals surface area contributed by atoms with Crippen LogP contribution in [0.3, 0.4) is 0 Å². The molecule has 20 heavy (non-hydrogen) atoms. The van der Waals surface area contributed by atoms with Gasteiger partial charge in [0.1, 0.15) is 0 Å². The summed E-state index contributed by atoms with van der Waals surface area (Å²) >= 11 is 1.47. The van der Waals surface area contributed by atoms with E-state index in [1.165, 1.54) is 11.3 Å². The molecule has 1 aromatic carbocycles. The van der Waals surface area contributed by atoms with Gasteiger partial charge in [0.2, 0.25) is 5.91 Å². The first-order valence-electron chi connectivity index (χ1n) is 6.45. The van der Waals surface area contributed by atoms with Gasteiger partial charge in [0.15, 0.2) is 0 Å². The van der Waals surface area contributed by atoms with Crippen LogP contribution in [0.2, 0.25) is 0 Å². The van der Waals surface area contributed by atoms with E-state index in [-0.39, 0.29) is 18.4 Å². The van der Waals surface area contributed by atoms with E-state index >= 15 is 0 Å². The van der Waals surface area contributed by atoms with E-state index in [4.69, 9.17) is 0 Å². The Kier molecular flexibility index (Phi) is 3.52. The van der Waals surface area contributed by atoms with Crippen molar-refractivity contribution in [2.24, 2.45) is 0 Å². The average Bonchev–Trinajstić information content (AvgIpc) is 2.97. The second-order valence-electron chi connectivity index (χ2n) is 4.61. The van der Waals surface area contributed by atoms with Gasteiger partial charge in [-0.05, 0) is 17.7 Å². The number of carbonyl (C=O) groups excluding carboxylic acids is 2. The molecule has 2 heterocycles. The lowest BCUT2D eigenvalue weighted by molar-refractivity contribution is -0.123. The summed E-state index contributed by atoms with van der Waals surface area (Å²) in [4.78, 5) is 27.0. The van der Waals surface area contributed by atoms with Crippen LogP contribution >= 0.6 is 11.3 Å². The molecule has 0 bridgehead atoms. The minimum absolute atomic E-state index is 0.0629. The molecule has 2 amide bonds. The number of piperazine rings is 1. The zero-order chi connectivity index (χ0) is 13.9. The summed E-state index contributed by atoms with van der Waals surface area (Å²) in [6, 6.07) is 13.8. The summed E-state index contributed by atoms with van der Waals surface area (Å²) in [6.07, 6.45) is 0. The summed E-state index contributed by atoms with van der Waals surface area (Å²) in [5.41, 5.74) is 1.10. The van der Waals surface area contributed by atoms with Crippen LogP contribution in [0.25, 0.3) is 10.4 Å². The molecule has 0 radical (unpaired) electrons. The van der Waals surface area contributed by atoms with Crippen molar-refractivity contribution >= 4 is 23.2 Å². The number of thiophene rings is 1. The Morgan fingerprint density at radius 2 is 1.95 bits per heavy atom. The molecule has 1 saturated heterocycles. The van der Waals surface area contributed by atoms with E-state index in [1.54, 1.807) is 4.90 Å². The number of hydrogen-bond donors (Lipinski definition) is 1. The molecule has 1 fully saturated rings. The maximum Gasteiger partial charge on any atom is 0.264 e. The highest BCUT2D eigenvalue weighted by Crippen LogP contribution is 2.28. The van der Waals surface area contributed by atoms with E-state index in [0.717, 1.165) is 10.4 Å². The zero-order valence-electron chi connectivity index (χ0n) is 10.8. The molecule has 0 atom stereocenters. The van der Waals surface area contributed by atoms with Crippen molar-refractivity contribution < 1.29 is 9.59 Å². The van der Waals surface area contributed by atoms with E-state index in [9.17, 15) is 9.59 Å². The van der Waals surface area contributed by atoms with Crippen molar-refractivity contribution in [3.63, 3.8) is 0 Å². The van der Waals surface area contributed by atoms with Gasteiger partial charge < -0.3 is 10.2 Å². The molecule has 0 aliphatic carbocycles. The second kappa shape index (κ2) is 5.46. The van der Waals surface area contributed by atoms with Gasteiger partial charge in [0.25, 0.3) is 5.91 Å². The summed E-state index contributed by atoms with van der Waals surface area (Å²) < 4.78 is 0. The molecule has 1 N–H and O–H groups in total. The third-order valence-corrected chi connectivity index (χ3v) is 4.32. The van der Waals surface area contributed by atoms with Gasteiger partial charge in [0, 0.05) is 18.0 Å². The number of carbonyl (C=O) groups is 2. The minimum Gasteiger partial charge on any atom is -0.353 e. The Balaban J connectivity index is 1.80. The van der Waals surface area contributed by atoms with Crippen molar-refractivity contribution in [3.8, 4) is 10.4 Å². The third kappa shape index (κ3) is 2.58. The van der Waals surface area contributed by atoms with Crippen molar-refractivity contribution in [3.05, 3.63) is 47.3 Å². The highest BCUT2D eigenvalue weighted by molar-refractivity contribution is 7.17. The van der Waals surface area contributed by atoms with Crippen LogP contribution in [0.1, 0.15) is 9.67 Å². The number of rotatable bonds is 2. The summed E-state index contributed by atoms with van der Waals surface area (Å²) in [7, 11) is 0. The first-order chi connectivity index (χ1) is 9.74. The normalized spacial score (nSPS) is 15.0. The molecule has 1 aliphatic rings. The molecule has 3 rings (SSSR count). The predicted octanol–water partition coefficient (Wildman–Crippen LogP) is 1.99. The van der Waals surface area contributed by atoms with E-state index in [2.05, 4.69) is 5.32 Å². The lowest BCUT2D eigenvalue weighted by Crippen LogP contribution is -2.49. The molecule has 1 aliphatic heterocycles. The van der Waals surface area contributed by atoms with Crippen molar-refractivity contribution in [1.29, 1.82) is 0 Å². The standard InChI is InChI=1S/C15H14N2O2S/c18-14-10-17(9-8-16-14)15(19)13-7-6-12(20-13)11-4-2-1-3-5-11/h1-7H,8-10H2,(H,16,18). The Bertz CT molecular complexity index is 636. The van der Waals surface area contributed by atoms with Crippen LogP contribution in [0.15, 0.2) is 42.5 Å². The quantitative estimate of drug-likeness (QED) is 0.918. The SMILES string of the molecule is O=C1CN(C(=O)c2ccc(-c3ccccc3)s2)CCN1. The van der Waals surface area contributed by atoms with Crippen molar-refractivity contribution in [1.82, 2.24) is 10.2 Å². The predicted molar refractivity (Wildman–Crippen MR) is 78.7 cm³/mol. The molecule has 1 aromatic heterocycles. The molecular weight excluding hydrogens is 272 g/mol. The number of nitrogens with one attached hydrogen (secondary N) is 1. The minimum atomic E-state index is -0.0931. The van der Waals surface area contributed by atoms with Crippen LogP contribution < -0.4 is 5.32 Å². The first-order valence-corrected chi connectivity index (χ1v) is 7.27. The van der Waals surface area contributed by atoms with Crippen LogP contribution in [-0.4, -0.2) is 36.3 Å². The molecule has 0 spiro atoms. The van der Waals surface area contributed by atoms with E-state index in [0.29, 0.717) is 18.0 Å². The fraction of sp³-hybridized carbons (Fsp3) is 0.200. The third-order valence-electron chi connectivity index (χ3n) is 3.20. The Hall–Kier alpha value is -2.14. The Morgan fingerprint density at radius 1 is 1.15 bits per heavy atom. The molecule has 102 valence electrons. The molecule has 2 aromatic rings. The van der Waals surface area contributed by atoms with Gasteiger partial charge in [-0.15, -0.1) is 11.3 Å². The first kappa shape index (κ1) is 12.9. The Morgan fingerprint density at radius 3 is 2.70 bits per heavy atom. The fourth-order valence-corrected chi connectivity index (χ4v) is 3.16. The molecule has 0 unspecified atom stereocenters. The molecule has 0 saturated carbocycles. The van der Waals surface area contributed by atoms with E-state index in [1.807, 2.05) is 42.5 Å². The smallest absolute Gasteiger partial charge is 0.264 e. The number of hydrogen-bond acceptors (Lipinski definition) is 3. The maximum atomic E-state index is 12.3. The van der Waals surface area contributed by atoms with Gasteiger partial charge in [-0.25, -0.2) is 0 Å². The summed E-state index contributed by atoms with van der Waals surface area (Å²) in [6.45, 7) is 1.25. The van der Waals surface area contributed by atoms with Gasteiger partial charge >= 0.3 is 0 Å². The van der Waals surface area contributed by atoms with E-state index < -0.39 is 0 Å².